The standard InChI is InChI=1S/C21H24FN3O5/c1-13(26)24-17(11-15-6-4-5-7-16(15)22)20(27)25-18(21(28)30-3)10-14-8-9-19(29-2)23-12-14/h4-9,12,17-18H,10-11H2,1-3H3,(H,24,26)(H,25,27)/t17-,18+/m0/s1. The van der Waals surface area contributed by atoms with Crippen LogP contribution in [0.4, 0.5) is 4.39 Å². The third-order valence-corrected chi connectivity index (χ3v) is 4.32. The van der Waals surface area contributed by atoms with Gasteiger partial charge in [0.15, 0.2) is 0 Å². The van der Waals surface area contributed by atoms with Gasteiger partial charge >= 0.3 is 5.97 Å². The van der Waals surface area contributed by atoms with Crippen LogP contribution >= 0.6 is 0 Å². The number of carbonyl (C=O) groups is 3. The molecule has 2 atom stereocenters. The van der Waals surface area contributed by atoms with Crippen molar-refractivity contribution < 1.29 is 28.2 Å². The summed E-state index contributed by atoms with van der Waals surface area (Å²) in [4.78, 5) is 40.7. The van der Waals surface area contributed by atoms with E-state index in [-0.39, 0.29) is 18.4 Å². The number of ether oxygens (including phenoxy) is 2. The number of nitrogens with one attached hydrogen (secondary N) is 2. The molecule has 1 aromatic carbocycles. The Balaban J connectivity index is 2.17. The van der Waals surface area contributed by atoms with E-state index < -0.39 is 35.7 Å². The van der Waals surface area contributed by atoms with Crippen LogP contribution in [0.2, 0.25) is 0 Å². The van der Waals surface area contributed by atoms with Crippen LogP contribution in [0.25, 0.3) is 0 Å². The Hall–Kier alpha value is -3.49. The summed E-state index contributed by atoms with van der Waals surface area (Å²) in [6.45, 7) is 1.25. The number of hydrogen-bond acceptors (Lipinski definition) is 6. The summed E-state index contributed by atoms with van der Waals surface area (Å²) in [5.41, 5.74) is 0.928. The van der Waals surface area contributed by atoms with Crippen LogP contribution in [0.3, 0.4) is 0 Å². The molecule has 0 fully saturated rings. The van der Waals surface area contributed by atoms with Crippen molar-refractivity contribution in [2.24, 2.45) is 0 Å². The van der Waals surface area contributed by atoms with E-state index in [9.17, 15) is 18.8 Å². The highest BCUT2D eigenvalue weighted by molar-refractivity contribution is 5.90. The third-order valence-electron chi connectivity index (χ3n) is 4.32. The van der Waals surface area contributed by atoms with Gasteiger partial charge in [-0.15, -0.1) is 0 Å². The molecule has 0 aliphatic heterocycles. The summed E-state index contributed by atoms with van der Waals surface area (Å²) in [6.07, 6.45) is 1.56. The fourth-order valence-electron chi connectivity index (χ4n) is 2.83. The van der Waals surface area contributed by atoms with E-state index in [0.29, 0.717) is 11.4 Å². The molecule has 1 heterocycles. The van der Waals surface area contributed by atoms with Crippen LogP contribution in [0.5, 0.6) is 5.88 Å². The molecular formula is C21H24FN3O5. The number of amides is 2. The lowest BCUT2D eigenvalue weighted by molar-refractivity contribution is -0.145. The minimum atomic E-state index is -1.07. The minimum Gasteiger partial charge on any atom is -0.481 e. The van der Waals surface area contributed by atoms with E-state index in [0.717, 1.165) is 0 Å². The monoisotopic (exact) mass is 417 g/mol. The highest BCUT2D eigenvalue weighted by Gasteiger charge is 2.28. The average molecular weight is 417 g/mol. The van der Waals surface area contributed by atoms with Crippen LogP contribution in [-0.2, 0) is 32.0 Å². The summed E-state index contributed by atoms with van der Waals surface area (Å²) in [6, 6.07) is 7.21. The molecule has 0 saturated carbocycles. The highest BCUT2D eigenvalue weighted by atomic mass is 19.1. The zero-order valence-electron chi connectivity index (χ0n) is 17.0. The van der Waals surface area contributed by atoms with Crippen molar-refractivity contribution in [2.75, 3.05) is 14.2 Å². The van der Waals surface area contributed by atoms with Gasteiger partial charge < -0.3 is 20.1 Å². The molecule has 9 heteroatoms. The Morgan fingerprint density at radius 3 is 2.33 bits per heavy atom. The molecule has 2 N–H and O–H groups in total. The number of pyridine rings is 1. The topological polar surface area (TPSA) is 107 Å². The summed E-state index contributed by atoms with van der Waals surface area (Å²) in [5, 5.41) is 5.08. The zero-order chi connectivity index (χ0) is 22.1. The maximum absolute atomic E-state index is 14.0. The summed E-state index contributed by atoms with van der Waals surface area (Å²) < 4.78 is 23.8. The average Bonchev–Trinajstić information content (AvgIpc) is 2.73. The van der Waals surface area contributed by atoms with Gasteiger partial charge in [0, 0.05) is 32.0 Å². The first-order valence-electron chi connectivity index (χ1n) is 9.21. The lowest BCUT2D eigenvalue weighted by Gasteiger charge is -2.22. The molecule has 0 aliphatic carbocycles. The Bertz CT molecular complexity index is 888. The molecule has 0 saturated heterocycles. The largest absolute Gasteiger partial charge is 0.481 e. The number of halogens is 1. The Kier molecular flexibility index (Phi) is 8.28. The van der Waals surface area contributed by atoms with Gasteiger partial charge in [-0.05, 0) is 17.2 Å². The number of aromatic nitrogens is 1. The highest BCUT2D eigenvalue weighted by Crippen LogP contribution is 2.12. The second-order valence-corrected chi connectivity index (χ2v) is 6.55. The van der Waals surface area contributed by atoms with Crippen molar-refractivity contribution in [3.8, 4) is 5.88 Å². The molecule has 2 amide bonds. The summed E-state index contributed by atoms with van der Waals surface area (Å²) in [5.74, 6) is -1.83. The van der Waals surface area contributed by atoms with E-state index in [1.165, 1.54) is 45.5 Å². The molecule has 0 aliphatic rings. The van der Waals surface area contributed by atoms with Crippen molar-refractivity contribution in [3.63, 3.8) is 0 Å². The van der Waals surface area contributed by atoms with E-state index in [1.54, 1.807) is 18.2 Å². The molecule has 160 valence electrons. The number of benzene rings is 1. The quantitative estimate of drug-likeness (QED) is 0.594. The van der Waals surface area contributed by atoms with Crippen LogP contribution in [0.15, 0.2) is 42.6 Å². The third kappa shape index (κ3) is 6.54. The van der Waals surface area contributed by atoms with Crippen molar-refractivity contribution in [2.45, 2.75) is 31.8 Å². The second-order valence-electron chi connectivity index (χ2n) is 6.55. The molecule has 2 aromatic rings. The fraction of sp³-hybridized carbons (Fsp3) is 0.333. The van der Waals surface area contributed by atoms with Crippen LogP contribution in [0.1, 0.15) is 18.1 Å². The van der Waals surface area contributed by atoms with Crippen molar-refractivity contribution in [3.05, 3.63) is 59.5 Å². The lowest BCUT2D eigenvalue weighted by Crippen LogP contribution is -2.53. The molecule has 0 bridgehead atoms. The van der Waals surface area contributed by atoms with Gasteiger partial charge in [0.2, 0.25) is 17.7 Å². The second kappa shape index (κ2) is 10.9. The summed E-state index contributed by atoms with van der Waals surface area (Å²) >= 11 is 0. The van der Waals surface area contributed by atoms with Gasteiger partial charge in [0.05, 0.1) is 14.2 Å². The molecule has 0 radical (unpaired) electrons. The van der Waals surface area contributed by atoms with E-state index in [4.69, 9.17) is 9.47 Å². The predicted octanol–water partition coefficient (Wildman–Crippen LogP) is 1.18. The lowest BCUT2D eigenvalue weighted by atomic mass is 10.0. The minimum absolute atomic E-state index is 0.0733. The van der Waals surface area contributed by atoms with Gasteiger partial charge in [0.25, 0.3) is 0 Å². The maximum Gasteiger partial charge on any atom is 0.328 e. The number of carbonyl (C=O) groups excluding carboxylic acids is 3. The predicted molar refractivity (Wildman–Crippen MR) is 106 cm³/mol. The van der Waals surface area contributed by atoms with Crippen molar-refractivity contribution in [1.82, 2.24) is 15.6 Å². The first-order chi connectivity index (χ1) is 14.3. The molecule has 8 nitrogen and oxygen atoms in total. The molecule has 0 unspecified atom stereocenters. The molecule has 30 heavy (non-hydrogen) atoms. The number of rotatable bonds is 9. The number of hydrogen-bond donors (Lipinski definition) is 2. The fourth-order valence-corrected chi connectivity index (χ4v) is 2.83. The Morgan fingerprint density at radius 2 is 1.77 bits per heavy atom. The van der Waals surface area contributed by atoms with Gasteiger partial charge in [-0.25, -0.2) is 14.2 Å². The Morgan fingerprint density at radius 1 is 1.03 bits per heavy atom. The van der Waals surface area contributed by atoms with Crippen molar-refractivity contribution >= 4 is 17.8 Å². The number of methoxy groups -OCH3 is 2. The van der Waals surface area contributed by atoms with E-state index >= 15 is 0 Å². The first-order valence-corrected chi connectivity index (χ1v) is 9.21. The maximum atomic E-state index is 14.0. The van der Waals surface area contributed by atoms with Gasteiger partial charge in [-0.2, -0.15) is 0 Å². The van der Waals surface area contributed by atoms with Crippen molar-refractivity contribution in [1.29, 1.82) is 0 Å². The normalized spacial score (nSPS) is 12.4. The number of nitrogens with zero attached hydrogens (tertiary/aromatic N) is 1. The first kappa shape index (κ1) is 22.8. The van der Waals surface area contributed by atoms with Gasteiger partial charge in [-0.1, -0.05) is 24.3 Å². The smallest absolute Gasteiger partial charge is 0.328 e. The van der Waals surface area contributed by atoms with E-state index in [2.05, 4.69) is 15.6 Å². The van der Waals surface area contributed by atoms with Crippen LogP contribution in [0, 0.1) is 5.82 Å². The van der Waals surface area contributed by atoms with Gasteiger partial charge in [-0.3, -0.25) is 9.59 Å². The SMILES string of the molecule is COC(=O)[C@@H](Cc1ccc(OC)nc1)NC(=O)[C@H](Cc1ccccc1F)NC(C)=O. The van der Waals surface area contributed by atoms with Gasteiger partial charge in [0.1, 0.15) is 17.9 Å². The Labute approximate surface area is 173 Å². The molecule has 1 aromatic heterocycles. The molecule has 0 spiro atoms. The van der Waals surface area contributed by atoms with Crippen LogP contribution < -0.4 is 15.4 Å². The number of esters is 1. The van der Waals surface area contributed by atoms with Crippen LogP contribution in [-0.4, -0.2) is 49.1 Å². The summed E-state index contributed by atoms with van der Waals surface area (Å²) in [7, 11) is 2.69. The molecular weight excluding hydrogens is 393 g/mol. The van der Waals surface area contributed by atoms with E-state index in [1.807, 2.05) is 0 Å². The molecule has 2 rings (SSSR count). The zero-order valence-corrected chi connectivity index (χ0v) is 17.0.